The van der Waals surface area contributed by atoms with E-state index in [-0.39, 0.29) is 5.91 Å². The van der Waals surface area contributed by atoms with Crippen LogP contribution in [0.3, 0.4) is 0 Å². The maximum atomic E-state index is 11.0. The van der Waals surface area contributed by atoms with Gasteiger partial charge in [0.05, 0.1) is 13.2 Å². The van der Waals surface area contributed by atoms with Crippen molar-refractivity contribution in [1.82, 2.24) is 15.5 Å². The van der Waals surface area contributed by atoms with Crippen molar-refractivity contribution in [3.63, 3.8) is 0 Å². The second-order valence-corrected chi connectivity index (χ2v) is 4.81. The van der Waals surface area contributed by atoms with Gasteiger partial charge in [0.2, 0.25) is 5.91 Å². The van der Waals surface area contributed by atoms with Gasteiger partial charge in [-0.05, 0) is 25.9 Å². The Labute approximate surface area is 103 Å². The second-order valence-electron chi connectivity index (χ2n) is 4.81. The highest BCUT2D eigenvalue weighted by atomic mass is 16.5. The van der Waals surface area contributed by atoms with Crippen LogP contribution in [-0.4, -0.2) is 62.8 Å². The van der Waals surface area contributed by atoms with Gasteiger partial charge in [-0.3, -0.25) is 9.69 Å². The molecule has 0 radical (unpaired) electrons. The van der Waals surface area contributed by atoms with Gasteiger partial charge < -0.3 is 15.4 Å². The highest BCUT2D eigenvalue weighted by molar-refractivity contribution is 5.78. The van der Waals surface area contributed by atoms with Crippen LogP contribution in [0, 0.1) is 0 Å². The summed E-state index contributed by atoms with van der Waals surface area (Å²) in [5.41, 5.74) is 0. The van der Waals surface area contributed by atoms with E-state index in [0.29, 0.717) is 12.5 Å². The number of hydrogen-bond donors (Lipinski definition) is 2. The maximum absolute atomic E-state index is 11.0. The molecule has 5 nitrogen and oxygen atoms in total. The Morgan fingerprint density at radius 2 is 2.24 bits per heavy atom. The molecule has 2 N–H and O–H groups in total. The van der Waals surface area contributed by atoms with Crippen LogP contribution < -0.4 is 10.6 Å². The van der Waals surface area contributed by atoms with Crippen LogP contribution in [0.15, 0.2) is 0 Å². The minimum atomic E-state index is 0.199. The number of nitrogens with zero attached hydrogens (tertiary/aromatic N) is 1. The molecule has 0 aromatic heterocycles. The van der Waals surface area contributed by atoms with E-state index >= 15 is 0 Å². The first-order valence-corrected chi connectivity index (χ1v) is 6.65. The summed E-state index contributed by atoms with van der Waals surface area (Å²) in [7, 11) is 0. The molecule has 2 aliphatic rings. The van der Waals surface area contributed by atoms with Crippen molar-refractivity contribution in [1.29, 1.82) is 0 Å². The molecule has 2 fully saturated rings. The summed E-state index contributed by atoms with van der Waals surface area (Å²) in [6.07, 6.45) is 2.84. The molecule has 98 valence electrons. The van der Waals surface area contributed by atoms with Gasteiger partial charge in [0.1, 0.15) is 0 Å². The SMILES string of the molecule is O=C1CCC(CNCCCN2CCOCC2)N1. The number of morpholine rings is 1. The Bertz CT molecular complexity index is 242. The molecule has 0 saturated carbocycles. The minimum Gasteiger partial charge on any atom is -0.379 e. The highest BCUT2D eigenvalue weighted by Crippen LogP contribution is 2.04. The summed E-state index contributed by atoms with van der Waals surface area (Å²) >= 11 is 0. The van der Waals surface area contributed by atoms with E-state index < -0.39 is 0 Å². The number of ether oxygens (including phenoxy) is 1. The zero-order chi connectivity index (χ0) is 11.9. The van der Waals surface area contributed by atoms with Crippen LogP contribution in [0.5, 0.6) is 0 Å². The summed E-state index contributed by atoms with van der Waals surface area (Å²) in [6, 6.07) is 0.353. The average molecular weight is 241 g/mol. The maximum Gasteiger partial charge on any atom is 0.220 e. The van der Waals surface area contributed by atoms with Gasteiger partial charge in [0.15, 0.2) is 0 Å². The van der Waals surface area contributed by atoms with Crippen LogP contribution in [-0.2, 0) is 9.53 Å². The van der Waals surface area contributed by atoms with Crippen molar-refractivity contribution >= 4 is 5.91 Å². The lowest BCUT2D eigenvalue weighted by atomic mass is 10.2. The number of carbonyl (C=O) groups excluding carboxylic acids is 1. The zero-order valence-electron chi connectivity index (χ0n) is 10.4. The number of hydrogen-bond acceptors (Lipinski definition) is 4. The van der Waals surface area contributed by atoms with Crippen molar-refractivity contribution in [3.05, 3.63) is 0 Å². The molecule has 0 spiro atoms. The molecule has 0 aliphatic carbocycles. The largest absolute Gasteiger partial charge is 0.379 e. The first kappa shape index (κ1) is 12.8. The molecule has 1 atom stereocenters. The lowest BCUT2D eigenvalue weighted by Gasteiger charge is -2.26. The van der Waals surface area contributed by atoms with Gasteiger partial charge in [-0.25, -0.2) is 0 Å². The van der Waals surface area contributed by atoms with Crippen LogP contribution >= 0.6 is 0 Å². The molecule has 0 aromatic carbocycles. The first-order valence-electron chi connectivity index (χ1n) is 6.65. The number of amides is 1. The summed E-state index contributed by atoms with van der Waals surface area (Å²) in [5, 5.41) is 6.38. The van der Waals surface area contributed by atoms with Gasteiger partial charge in [-0.2, -0.15) is 0 Å². The van der Waals surface area contributed by atoms with Crippen molar-refractivity contribution in [2.24, 2.45) is 0 Å². The average Bonchev–Trinajstić information content (AvgIpc) is 2.76. The van der Waals surface area contributed by atoms with E-state index in [9.17, 15) is 4.79 Å². The monoisotopic (exact) mass is 241 g/mol. The predicted molar refractivity (Wildman–Crippen MR) is 65.9 cm³/mol. The summed E-state index contributed by atoms with van der Waals surface area (Å²) in [5.74, 6) is 0.199. The van der Waals surface area contributed by atoms with Crippen LogP contribution in [0.2, 0.25) is 0 Å². The van der Waals surface area contributed by atoms with Gasteiger partial charge in [-0.15, -0.1) is 0 Å². The van der Waals surface area contributed by atoms with E-state index in [1.165, 1.54) is 6.42 Å². The van der Waals surface area contributed by atoms with Crippen LogP contribution in [0.25, 0.3) is 0 Å². The van der Waals surface area contributed by atoms with E-state index in [1.54, 1.807) is 0 Å². The highest BCUT2D eigenvalue weighted by Gasteiger charge is 2.19. The third-order valence-corrected chi connectivity index (χ3v) is 3.41. The number of rotatable bonds is 6. The molecule has 5 heteroatoms. The topological polar surface area (TPSA) is 53.6 Å². The third kappa shape index (κ3) is 4.61. The fraction of sp³-hybridized carbons (Fsp3) is 0.917. The predicted octanol–water partition coefficient (Wildman–Crippen LogP) is -0.423. The normalized spacial score (nSPS) is 26.1. The molecule has 2 saturated heterocycles. The Hall–Kier alpha value is -0.650. The van der Waals surface area contributed by atoms with Crippen molar-refractivity contribution in [3.8, 4) is 0 Å². The molecule has 0 bridgehead atoms. The molecule has 0 aromatic rings. The molecule has 2 rings (SSSR count). The standard InChI is InChI=1S/C12H23N3O2/c16-12-3-2-11(14-12)10-13-4-1-5-15-6-8-17-9-7-15/h11,13H,1-10H2,(H,14,16). The molecule has 1 unspecified atom stereocenters. The summed E-state index contributed by atoms with van der Waals surface area (Å²) in [6.45, 7) is 6.98. The second kappa shape index (κ2) is 6.93. The van der Waals surface area contributed by atoms with Gasteiger partial charge in [0, 0.05) is 32.1 Å². The summed E-state index contributed by atoms with van der Waals surface area (Å²) in [4.78, 5) is 13.4. The lowest BCUT2D eigenvalue weighted by molar-refractivity contribution is -0.119. The minimum absolute atomic E-state index is 0.199. The Morgan fingerprint density at radius 1 is 1.41 bits per heavy atom. The van der Waals surface area contributed by atoms with E-state index in [2.05, 4.69) is 15.5 Å². The van der Waals surface area contributed by atoms with E-state index in [1.807, 2.05) is 0 Å². The molecule has 2 aliphatic heterocycles. The number of carbonyl (C=O) groups is 1. The molecule has 2 heterocycles. The lowest BCUT2D eigenvalue weighted by Crippen LogP contribution is -2.39. The Kier molecular flexibility index (Phi) is 5.22. The zero-order valence-corrected chi connectivity index (χ0v) is 10.4. The molecular formula is C12H23N3O2. The van der Waals surface area contributed by atoms with Crippen molar-refractivity contribution < 1.29 is 9.53 Å². The number of nitrogens with one attached hydrogen (secondary N) is 2. The summed E-state index contributed by atoms with van der Waals surface area (Å²) < 4.78 is 5.31. The van der Waals surface area contributed by atoms with E-state index in [4.69, 9.17) is 4.74 Å². The molecular weight excluding hydrogens is 218 g/mol. The fourth-order valence-corrected chi connectivity index (χ4v) is 2.36. The van der Waals surface area contributed by atoms with Crippen LogP contribution in [0.1, 0.15) is 19.3 Å². The Balaban J connectivity index is 1.44. The van der Waals surface area contributed by atoms with Gasteiger partial charge in [-0.1, -0.05) is 0 Å². The molecule has 17 heavy (non-hydrogen) atoms. The Morgan fingerprint density at radius 3 is 2.94 bits per heavy atom. The van der Waals surface area contributed by atoms with Gasteiger partial charge in [0.25, 0.3) is 0 Å². The molecule has 1 amide bonds. The van der Waals surface area contributed by atoms with Crippen molar-refractivity contribution in [2.45, 2.75) is 25.3 Å². The first-order chi connectivity index (χ1) is 8.34. The quantitative estimate of drug-likeness (QED) is 0.620. The third-order valence-electron chi connectivity index (χ3n) is 3.41. The fourth-order valence-electron chi connectivity index (χ4n) is 2.36. The van der Waals surface area contributed by atoms with Gasteiger partial charge >= 0.3 is 0 Å². The smallest absolute Gasteiger partial charge is 0.220 e. The van der Waals surface area contributed by atoms with Crippen molar-refractivity contribution in [2.75, 3.05) is 45.9 Å². The van der Waals surface area contributed by atoms with E-state index in [0.717, 1.165) is 52.4 Å². The van der Waals surface area contributed by atoms with Crippen LogP contribution in [0.4, 0.5) is 0 Å².